The van der Waals surface area contributed by atoms with Crippen molar-refractivity contribution < 1.29 is 13.9 Å². The molecule has 2 aromatic heterocycles. The number of benzene rings is 1. The van der Waals surface area contributed by atoms with Crippen LogP contribution < -0.4 is 10.1 Å². The minimum atomic E-state index is -0.0113. The van der Waals surface area contributed by atoms with Crippen LogP contribution in [0.25, 0.3) is 5.69 Å². The predicted molar refractivity (Wildman–Crippen MR) is 89.3 cm³/mol. The number of amides is 1. The molecule has 1 aliphatic rings. The van der Waals surface area contributed by atoms with Gasteiger partial charge in [-0.2, -0.15) is 0 Å². The van der Waals surface area contributed by atoms with Crippen LogP contribution in [-0.4, -0.2) is 28.0 Å². The van der Waals surface area contributed by atoms with E-state index in [0.717, 1.165) is 23.6 Å². The van der Waals surface area contributed by atoms with Crippen LogP contribution in [0.1, 0.15) is 23.8 Å². The van der Waals surface area contributed by atoms with Gasteiger partial charge in [0.1, 0.15) is 17.2 Å². The fraction of sp³-hybridized carbons (Fsp3) is 0.278. The molecule has 0 spiro atoms. The second-order valence-electron chi connectivity index (χ2n) is 6.03. The van der Waals surface area contributed by atoms with Crippen molar-refractivity contribution in [1.29, 1.82) is 0 Å². The van der Waals surface area contributed by atoms with E-state index >= 15 is 0 Å². The Labute approximate surface area is 144 Å². The van der Waals surface area contributed by atoms with Gasteiger partial charge in [-0.05, 0) is 42.8 Å². The Morgan fingerprint density at radius 3 is 2.92 bits per heavy atom. The highest BCUT2D eigenvalue weighted by molar-refractivity contribution is 5.82. The number of furan rings is 1. The maximum Gasteiger partial charge on any atom is 0.224 e. The Balaban J connectivity index is 1.33. The van der Waals surface area contributed by atoms with E-state index in [-0.39, 0.29) is 17.7 Å². The van der Waals surface area contributed by atoms with Crippen molar-refractivity contribution >= 4 is 5.91 Å². The molecule has 3 aromatic rings. The molecule has 1 aromatic carbocycles. The standard InChI is InChI=1S/C18H18N4O3/c1-24-14-6-4-13(5-7-14)22-11-12(20-21-22)10-19-18(23)16-9-15(16)17-3-2-8-25-17/h2-8,11,15-16H,9-10H2,1H3,(H,19,23)/t15-,16+/m0/s1. The van der Waals surface area contributed by atoms with Gasteiger partial charge in [-0.3, -0.25) is 4.79 Å². The molecule has 1 saturated carbocycles. The molecule has 1 aliphatic carbocycles. The molecule has 2 heterocycles. The zero-order chi connectivity index (χ0) is 17.2. The summed E-state index contributed by atoms with van der Waals surface area (Å²) in [5.74, 6) is 1.88. The third-order valence-electron chi connectivity index (χ3n) is 4.36. The molecule has 0 aliphatic heterocycles. The van der Waals surface area contributed by atoms with E-state index in [1.54, 1.807) is 24.3 Å². The summed E-state index contributed by atoms with van der Waals surface area (Å²) >= 11 is 0. The van der Waals surface area contributed by atoms with E-state index in [9.17, 15) is 4.79 Å². The van der Waals surface area contributed by atoms with Crippen molar-refractivity contribution in [2.45, 2.75) is 18.9 Å². The molecule has 0 bridgehead atoms. The van der Waals surface area contributed by atoms with Crippen molar-refractivity contribution in [3.05, 3.63) is 60.3 Å². The molecular weight excluding hydrogens is 320 g/mol. The second kappa shape index (κ2) is 6.43. The highest BCUT2D eigenvalue weighted by Gasteiger charge is 2.45. The predicted octanol–water partition coefficient (Wildman–Crippen LogP) is 2.29. The number of carbonyl (C=O) groups is 1. The zero-order valence-electron chi connectivity index (χ0n) is 13.8. The molecule has 7 nitrogen and oxygen atoms in total. The molecule has 25 heavy (non-hydrogen) atoms. The highest BCUT2D eigenvalue weighted by Crippen LogP contribution is 2.47. The average Bonchev–Trinajstić information content (AvgIpc) is 3.06. The Morgan fingerprint density at radius 2 is 2.20 bits per heavy atom. The third-order valence-corrected chi connectivity index (χ3v) is 4.36. The molecule has 1 amide bonds. The molecule has 1 fully saturated rings. The van der Waals surface area contributed by atoms with Gasteiger partial charge < -0.3 is 14.5 Å². The number of nitrogens with zero attached hydrogens (tertiary/aromatic N) is 3. The first-order valence-electron chi connectivity index (χ1n) is 8.11. The number of methoxy groups -OCH3 is 1. The smallest absolute Gasteiger partial charge is 0.224 e. The summed E-state index contributed by atoms with van der Waals surface area (Å²) in [5.41, 5.74) is 1.59. The first kappa shape index (κ1) is 15.4. The van der Waals surface area contributed by atoms with Crippen LogP contribution in [0.2, 0.25) is 0 Å². The quantitative estimate of drug-likeness (QED) is 0.746. The van der Waals surface area contributed by atoms with E-state index in [4.69, 9.17) is 9.15 Å². The third kappa shape index (κ3) is 3.26. The second-order valence-corrected chi connectivity index (χ2v) is 6.03. The van der Waals surface area contributed by atoms with Gasteiger partial charge >= 0.3 is 0 Å². The molecule has 0 unspecified atom stereocenters. The molecule has 0 radical (unpaired) electrons. The largest absolute Gasteiger partial charge is 0.497 e. The van der Waals surface area contributed by atoms with Crippen molar-refractivity contribution in [2.75, 3.05) is 7.11 Å². The SMILES string of the molecule is COc1ccc(-n2cc(CNC(=O)[C@@H]3C[C@@H]3c3ccco3)nn2)cc1. The van der Waals surface area contributed by atoms with Crippen molar-refractivity contribution in [3.63, 3.8) is 0 Å². The number of ether oxygens (including phenoxy) is 1. The van der Waals surface area contributed by atoms with Gasteiger partial charge in [0.25, 0.3) is 0 Å². The number of hydrogen-bond acceptors (Lipinski definition) is 5. The molecule has 128 valence electrons. The molecule has 7 heteroatoms. The number of nitrogens with one attached hydrogen (secondary N) is 1. The monoisotopic (exact) mass is 338 g/mol. The Bertz CT molecular complexity index is 855. The molecule has 2 atom stereocenters. The van der Waals surface area contributed by atoms with Crippen LogP contribution in [0.3, 0.4) is 0 Å². The van der Waals surface area contributed by atoms with Gasteiger partial charge in [0, 0.05) is 11.8 Å². The van der Waals surface area contributed by atoms with Crippen LogP contribution in [0.15, 0.2) is 53.3 Å². The lowest BCUT2D eigenvalue weighted by Crippen LogP contribution is -2.25. The summed E-state index contributed by atoms with van der Waals surface area (Å²) in [4.78, 5) is 12.2. The number of rotatable bonds is 6. The van der Waals surface area contributed by atoms with E-state index in [0.29, 0.717) is 12.2 Å². The van der Waals surface area contributed by atoms with Gasteiger partial charge in [0.2, 0.25) is 5.91 Å². The minimum absolute atomic E-state index is 0.0113. The Morgan fingerprint density at radius 1 is 1.36 bits per heavy atom. The topological polar surface area (TPSA) is 82.2 Å². The van der Waals surface area contributed by atoms with Crippen LogP contribution in [0.4, 0.5) is 0 Å². The maximum absolute atomic E-state index is 12.2. The Hall–Kier alpha value is -3.09. The van der Waals surface area contributed by atoms with Gasteiger partial charge in [-0.25, -0.2) is 4.68 Å². The molecule has 1 N–H and O–H groups in total. The first-order valence-corrected chi connectivity index (χ1v) is 8.11. The van der Waals surface area contributed by atoms with Crippen molar-refractivity contribution in [1.82, 2.24) is 20.3 Å². The van der Waals surface area contributed by atoms with Crippen LogP contribution >= 0.6 is 0 Å². The summed E-state index contributed by atoms with van der Waals surface area (Å²) in [7, 11) is 1.63. The first-order chi connectivity index (χ1) is 12.2. The summed E-state index contributed by atoms with van der Waals surface area (Å²) in [6.07, 6.45) is 4.27. The fourth-order valence-corrected chi connectivity index (χ4v) is 2.85. The van der Waals surface area contributed by atoms with Gasteiger partial charge in [-0.1, -0.05) is 5.21 Å². The van der Waals surface area contributed by atoms with Crippen LogP contribution in [0.5, 0.6) is 5.75 Å². The molecule has 4 rings (SSSR count). The summed E-state index contributed by atoms with van der Waals surface area (Å²) < 4.78 is 12.2. The summed E-state index contributed by atoms with van der Waals surface area (Å²) in [6.45, 7) is 0.358. The fourth-order valence-electron chi connectivity index (χ4n) is 2.85. The van der Waals surface area contributed by atoms with E-state index in [1.165, 1.54) is 0 Å². The lowest BCUT2D eigenvalue weighted by atomic mass is 10.2. The van der Waals surface area contributed by atoms with Crippen molar-refractivity contribution in [2.24, 2.45) is 5.92 Å². The molecular formula is C18H18N4O3. The van der Waals surface area contributed by atoms with Crippen molar-refractivity contribution in [3.8, 4) is 11.4 Å². The Kier molecular flexibility index (Phi) is 3.97. The average molecular weight is 338 g/mol. The lowest BCUT2D eigenvalue weighted by Gasteiger charge is -2.02. The van der Waals surface area contributed by atoms with E-state index in [1.807, 2.05) is 36.4 Å². The van der Waals surface area contributed by atoms with Gasteiger partial charge in [0.05, 0.1) is 31.8 Å². The van der Waals surface area contributed by atoms with E-state index < -0.39 is 0 Å². The van der Waals surface area contributed by atoms with Crippen LogP contribution in [0, 0.1) is 5.92 Å². The number of hydrogen-bond donors (Lipinski definition) is 1. The van der Waals surface area contributed by atoms with E-state index in [2.05, 4.69) is 15.6 Å². The van der Waals surface area contributed by atoms with Gasteiger partial charge in [0.15, 0.2) is 0 Å². The zero-order valence-corrected chi connectivity index (χ0v) is 13.8. The number of aromatic nitrogens is 3. The highest BCUT2D eigenvalue weighted by atomic mass is 16.5. The maximum atomic E-state index is 12.2. The van der Waals surface area contributed by atoms with Crippen LogP contribution in [-0.2, 0) is 11.3 Å². The number of carbonyl (C=O) groups excluding carboxylic acids is 1. The summed E-state index contributed by atoms with van der Waals surface area (Å²) in [5, 5.41) is 11.1. The molecule has 0 saturated heterocycles. The lowest BCUT2D eigenvalue weighted by molar-refractivity contribution is -0.122. The normalized spacial score (nSPS) is 18.8. The minimum Gasteiger partial charge on any atom is -0.497 e. The van der Waals surface area contributed by atoms with Gasteiger partial charge in [-0.15, -0.1) is 5.10 Å². The summed E-state index contributed by atoms with van der Waals surface area (Å²) in [6, 6.07) is 11.3.